The second-order valence-electron chi connectivity index (χ2n) is 6.93. The molecule has 1 aliphatic carbocycles. The maximum atomic E-state index is 12.1. The number of aryl methyl sites for hydroxylation is 1. The SMILES string of the molecule is COC(=O)c1cc(-c2cnc3c(n2)C(c2ccc4ncsc4c2)=CC3)ccc1C. The summed E-state index contributed by atoms with van der Waals surface area (Å²) in [5.41, 5.74) is 9.92. The summed E-state index contributed by atoms with van der Waals surface area (Å²) in [7, 11) is 1.39. The van der Waals surface area contributed by atoms with Gasteiger partial charge in [0, 0.05) is 17.6 Å². The predicted octanol–water partition coefficient (Wildman–Crippen LogP) is 4.84. The van der Waals surface area contributed by atoms with E-state index in [0.29, 0.717) is 5.56 Å². The first-order valence-corrected chi connectivity index (χ1v) is 10.1. The first-order chi connectivity index (χ1) is 14.1. The van der Waals surface area contributed by atoms with E-state index < -0.39 is 0 Å². The molecule has 0 atom stereocenters. The topological polar surface area (TPSA) is 65.0 Å². The fraction of sp³-hybridized carbons (Fsp3) is 0.130. The zero-order chi connectivity index (χ0) is 20.0. The van der Waals surface area contributed by atoms with Gasteiger partial charge in [0.1, 0.15) is 0 Å². The molecule has 142 valence electrons. The highest BCUT2D eigenvalue weighted by atomic mass is 32.1. The van der Waals surface area contributed by atoms with Crippen molar-refractivity contribution < 1.29 is 9.53 Å². The highest BCUT2D eigenvalue weighted by Gasteiger charge is 2.21. The summed E-state index contributed by atoms with van der Waals surface area (Å²) in [5, 5.41) is 0. The third kappa shape index (κ3) is 3.02. The van der Waals surface area contributed by atoms with Crippen LogP contribution in [0.4, 0.5) is 0 Å². The second-order valence-corrected chi connectivity index (χ2v) is 7.81. The van der Waals surface area contributed by atoms with Crippen molar-refractivity contribution in [1.82, 2.24) is 15.0 Å². The molecule has 2 aromatic heterocycles. The molecule has 0 saturated heterocycles. The largest absolute Gasteiger partial charge is 0.465 e. The van der Waals surface area contributed by atoms with E-state index in [4.69, 9.17) is 9.72 Å². The van der Waals surface area contributed by atoms with E-state index in [2.05, 4.69) is 28.2 Å². The van der Waals surface area contributed by atoms with E-state index in [-0.39, 0.29) is 5.97 Å². The molecule has 0 saturated carbocycles. The van der Waals surface area contributed by atoms with Gasteiger partial charge in [0.05, 0.1) is 51.7 Å². The third-order valence-corrected chi connectivity index (χ3v) is 5.98. The zero-order valence-electron chi connectivity index (χ0n) is 16.0. The fourth-order valence-corrected chi connectivity index (χ4v) is 4.32. The van der Waals surface area contributed by atoms with Crippen LogP contribution in [0.1, 0.15) is 32.9 Å². The molecule has 0 N–H and O–H groups in total. The molecule has 1 aliphatic rings. The second kappa shape index (κ2) is 6.90. The Bertz CT molecular complexity index is 1310. The molecule has 2 heterocycles. The van der Waals surface area contributed by atoms with Gasteiger partial charge < -0.3 is 4.74 Å². The third-order valence-electron chi connectivity index (χ3n) is 5.18. The minimum atomic E-state index is -0.350. The lowest BCUT2D eigenvalue weighted by molar-refractivity contribution is 0.0600. The Kier molecular flexibility index (Phi) is 4.21. The number of benzene rings is 2. The van der Waals surface area contributed by atoms with Gasteiger partial charge >= 0.3 is 5.97 Å². The Balaban J connectivity index is 1.57. The van der Waals surface area contributed by atoms with E-state index in [9.17, 15) is 4.79 Å². The quantitative estimate of drug-likeness (QED) is 0.462. The lowest BCUT2D eigenvalue weighted by Crippen LogP contribution is -2.04. The Morgan fingerprint density at radius 3 is 2.83 bits per heavy atom. The molecule has 5 rings (SSSR count). The van der Waals surface area contributed by atoms with Crippen molar-refractivity contribution in [2.24, 2.45) is 0 Å². The summed E-state index contributed by atoms with van der Waals surface area (Å²) in [5.74, 6) is -0.350. The molecule has 0 radical (unpaired) electrons. The van der Waals surface area contributed by atoms with Crippen molar-refractivity contribution in [3.63, 3.8) is 0 Å². The molecule has 29 heavy (non-hydrogen) atoms. The smallest absolute Gasteiger partial charge is 0.338 e. The van der Waals surface area contributed by atoms with E-state index in [1.165, 1.54) is 7.11 Å². The molecule has 0 fully saturated rings. The fourth-order valence-electron chi connectivity index (χ4n) is 3.60. The minimum absolute atomic E-state index is 0.350. The first kappa shape index (κ1) is 17.7. The number of carbonyl (C=O) groups is 1. The average Bonchev–Trinajstić information content (AvgIpc) is 3.39. The number of hydrogen-bond donors (Lipinski definition) is 0. The van der Waals surface area contributed by atoms with Crippen LogP contribution < -0.4 is 0 Å². The number of esters is 1. The number of aromatic nitrogens is 3. The van der Waals surface area contributed by atoms with Crippen LogP contribution in [0.25, 0.3) is 27.0 Å². The number of ether oxygens (including phenoxy) is 1. The first-order valence-electron chi connectivity index (χ1n) is 9.23. The maximum absolute atomic E-state index is 12.1. The van der Waals surface area contributed by atoms with Crippen LogP contribution in [-0.2, 0) is 11.2 Å². The summed E-state index contributed by atoms with van der Waals surface area (Å²) in [6, 6.07) is 12.0. The normalized spacial score (nSPS) is 12.7. The lowest BCUT2D eigenvalue weighted by atomic mass is 10.0. The number of thiazole rings is 1. The van der Waals surface area contributed by atoms with Gasteiger partial charge in [-0.3, -0.25) is 4.98 Å². The highest BCUT2D eigenvalue weighted by Crippen LogP contribution is 2.34. The van der Waals surface area contributed by atoms with Gasteiger partial charge in [-0.1, -0.05) is 24.3 Å². The van der Waals surface area contributed by atoms with Crippen molar-refractivity contribution in [3.05, 3.63) is 82.3 Å². The monoisotopic (exact) mass is 399 g/mol. The zero-order valence-corrected chi connectivity index (χ0v) is 16.8. The molecule has 0 bridgehead atoms. The number of fused-ring (bicyclic) bond motifs is 2. The van der Waals surface area contributed by atoms with Crippen molar-refractivity contribution in [3.8, 4) is 11.3 Å². The van der Waals surface area contributed by atoms with Crippen LogP contribution in [0.5, 0.6) is 0 Å². The van der Waals surface area contributed by atoms with Gasteiger partial charge in [-0.25, -0.2) is 14.8 Å². The minimum Gasteiger partial charge on any atom is -0.465 e. The number of methoxy groups -OCH3 is 1. The van der Waals surface area contributed by atoms with E-state index in [1.54, 1.807) is 17.5 Å². The van der Waals surface area contributed by atoms with Crippen molar-refractivity contribution in [1.29, 1.82) is 0 Å². The number of hydrogen-bond acceptors (Lipinski definition) is 6. The molecule has 4 aromatic rings. The maximum Gasteiger partial charge on any atom is 0.338 e. The van der Waals surface area contributed by atoms with E-state index in [1.807, 2.05) is 36.7 Å². The molecular formula is C23H17N3O2S. The average molecular weight is 399 g/mol. The molecule has 0 spiro atoms. The molecule has 6 heteroatoms. The predicted molar refractivity (Wildman–Crippen MR) is 114 cm³/mol. The Labute approximate surface area is 171 Å². The molecule has 0 amide bonds. The van der Waals surface area contributed by atoms with E-state index in [0.717, 1.165) is 56.0 Å². The van der Waals surface area contributed by atoms with Gasteiger partial charge in [0.2, 0.25) is 0 Å². The van der Waals surface area contributed by atoms with Gasteiger partial charge in [-0.05, 0) is 36.2 Å². The van der Waals surface area contributed by atoms with Crippen molar-refractivity contribution >= 4 is 33.1 Å². The Hall–Kier alpha value is -3.38. The van der Waals surface area contributed by atoms with Gasteiger partial charge in [-0.2, -0.15) is 0 Å². The summed E-state index contributed by atoms with van der Waals surface area (Å²) >= 11 is 1.63. The van der Waals surface area contributed by atoms with Crippen LogP contribution in [0.2, 0.25) is 0 Å². The number of nitrogens with zero attached hydrogens (tertiary/aromatic N) is 3. The summed E-state index contributed by atoms with van der Waals surface area (Å²) in [6.45, 7) is 1.89. The number of carbonyl (C=O) groups excluding carboxylic acids is 1. The standard InChI is InChI=1S/C23H17N3O2S/c1-13-3-4-15(9-17(13)23(27)28-2)20-11-24-19-8-6-16(22(19)26-20)14-5-7-18-21(10-14)29-12-25-18/h3-7,9-12H,8H2,1-2H3. The van der Waals surface area contributed by atoms with E-state index >= 15 is 0 Å². The van der Waals surface area contributed by atoms with Crippen LogP contribution in [0, 0.1) is 6.92 Å². The summed E-state index contributed by atoms with van der Waals surface area (Å²) in [6.07, 6.45) is 4.71. The highest BCUT2D eigenvalue weighted by molar-refractivity contribution is 7.16. The van der Waals surface area contributed by atoms with Gasteiger partial charge in [0.15, 0.2) is 0 Å². The molecule has 0 unspecified atom stereocenters. The molecule has 5 nitrogen and oxygen atoms in total. The van der Waals surface area contributed by atoms with Crippen LogP contribution >= 0.6 is 11.3 Å². The number of rotatable bonds is 3. The van der Waals surface area contributed by atoms with Crippen LogP contribution in [0.3, 0.4) is 0 Å². The van der Waals surface area contributed by atoms with Gasteiger partial charge in [-0.15, -0.1) is 11.3 Å². The van der Waals surface area contributed by atoms with Crippen LogP contribution in [-0.4, -0.2) is 28.0 Å². The number of allylic oxidation sites excluding steroid dienone is 1. The van der Waals surface area contributed by atoms with Crippen LogP contribution in [0.15, 0.2) is 54.2 Å². The Morgan fingerprint density at radius 2 is 1.97 bits per heavy atom. The molecule has 2 aromatic carbocycles. The molecular weight excluding hydrogens is 382 g/mol. The summed E-state index contributed by atoms with van der Waals surface area (Å²) in [4.78, 5) is 26.0. The van der Waals surface area contributed by atoms with Crippen molar-refractivity contribution in [2.75, 3.05) is 7.11 Å². The van der Waals surface area contributed by atoms with Gasteiger partial charge in [0.25, 0.3) is 0 Å². The summed E-state index contributed by atoms with van der Waals surface area (Å²) < 4.78 is 6.05. The van der Waals surface area contributed by atoms with Crippen molar-refractivity contribution in [2.45, 2.75) is 13.3 Å². The molecule has 0 aliphatic heterocycles. The Morgan fingerprint density at radius 1 is 1.10 bits per heavy atom. The lowest BCUT2D eigenvalue weighted by Gasteiger charge is -2.10.